The molecule has 4 rings (SSSR count). The van der Waals surface area contributed by atoms with Crippen LogP contribution in [-0.2, 0) is 9.47 Å². The van der Waals surface area contributed by atoms with E-state index in [4.69, 9.17) is 15.2 Å². The molecular weight excluding hydrogens is 568 g/mol. The van der Waals surface area contributed by atoms with Crippen molar-refractivity contribution >= 4 is 17.6 Å². The minimum absolute atomic E-state index is 0.0555. The highest BCUT2D eigenvalue weighted by molar-refractivity contribution is 5.89. The summed E-state index contributed by atoms with van der Waals surface area (Å²) in [6.07, 6.45) is -5.78. The molecule has 224 valence electrons. The van der Waals surface area contributed by atoms with Crippen molar-refractivity contribution in [1.29, 1.82) is 0 Å². The summed E-state index contributed by atoms with van der Waals surface area (Å²) < 4.78 is 92.6. The number of nitrogens with two attached hydrogens (primary N) is 1. The van der Waals surface area contributed by atoms with Crippen LogP contribution < -0.4 is 11.1 Å². The van der Waals surface area contributed by atoms with Crippen molar-refractivity contribution < 1.29 is 45.4 Å². The van der Waals surface area contributed by atoms with Crippen LogP contribution in [0.25, 0.3) is 5.65 Å². The fraction of sp³-hybridized carbons (Fsp3) is 0.545. The molecule has 1 fully saturated rings. The van der Waals surface area contributed by atoms with Crippen LogP contribution in [0.15, 0.2) is 24.8 Å². The van der Waals surface area contributed by atoms with Crippen LogP contribution >= 0.6 is 0 Å². The van der Waals surface area contributed by atoms with Gasteiger partial charge in [-0.1, -0.05) is 0 Å². The Morgan fingerprint density at radius 1 is 1.17 bits per heavy atom. The number of aromatic nitrogens is 6. The molecule has 1 aliphatic heterocycles. The third kappa shape index (κ3) is 6.04. The standard InChI is InChI=1S/C22H25F6N9O4/c1-20(2,22(26,27)28)41-9-14(37-18(17(29)38)30-10-32-37)12-6-36-16(33-12)4-11(5-31-36)13(8-40-3)35-7-15(21(23,24)25)34-19(35)39/h4-6,10,13-15H,7-9H2,1-3H3,(H2,29,38)(H,34,39)/t13-,14+,15+/m1/s1. The van der Waals surface area contributed by atoms with E-state index in [9.17, 15) is 35.9 Å². The predicted octanol–water partition coefficient (Wildman–Crippen LogP) is 2.01. The van der Waals surface area contributed by atoms with E-state index >= 15 is 0 Å². The quantitative estimate of drug-likeness (QED) is 0.339. The number of rotatable bonds is 10. The summed E-state index contributed by atoms with van der Waals surface area (Å²) in [5.41, 5.74) is 3.22. The molecule has 41 heavy (non-hydrogen) atoms. The van der Waals surface area contributed by atoms with E-state index in [0.717, 1.165) is 29.8 Å². The highest BCUT2D eigenvalue weighted by Gasteiger charge is 2.50. The zero-order valence-electron chi connectivity index (χ0n) is 21.8. The first-order valence-electron chi connectivity index (χ1n) is 11.9. The summed E-state index contributed by atoms with van der Waals surface area (Å²) >= 11 is 0. The molecule has 0 spiro atoms. The summed E-state index contributed by atoms with van der Waals surface area (Å²) in [7, 11) is 1.31. The second-order valence-corrected chi connectivity index (χ2v) is 9.65. The number of alkyl halides is 6. The van der Waals surface area contributed by atoms with Gasteiger partial charge >= 0.3 is 18.4 Å². The van der Waals surface area contributed by atoms with E-state index < -0.39 is 61.2 Å². The molecule has 1 aliphatic rings. The van der Waals surface area contributed by atoms with Crippen LogP contribution in [0, 0.1) is 0 Å². The van der Waals surface area contributed by atoms with Crippen molar-refractivity contribution in [3.05, 3.63) is 41.9 Å². The SMILES string of the molecule is COC[C@H](c1cnn2cc([C@H](COC(C)(C)C(F)(F)F)n3ncnc3C(N)=O)nc2c1)N1C[C@@H](C(F)(F)F)NC1=O. The maximum atomic E-state index is 13.5. The Bertz CT molecular complexity index is 1420. The van der Waals surface area contributed by atoms with Gasteiger partial charge in [0.25, 0.3) is 5.91 Å². The number of nitrogens with one attached hydrogen (secondary N) is 1. The number of methoxy groups -OCH3 is 1. The number of fused-ring (bicyclic) bond motifs is 1. The Hall–Kier alpha value is -4.00. The maximum absolute atomic E-state index is 13.5. The topological polar surface area (TPSA) is 155 Å². The Morgan fingerprint density at radius 2 is 1.88 bits per heavy atom. The predicted molar refractivity (Wildman–Crippen MR) is 125 cm³/mol. The number of halogens is 6. The number of amides is 3. The van der Waals surface area contributed by atoms with Gasteiger partial charge in [-0.15, -0.1) is 0 Å². The summed E-state index contributed by atoms with van der Waals surface area (Å²) in [6, 6.07) is -3.80. The number of hydrogen-bond donors (Lipinski definition) is 2. The van der Waals surface area contributed by atoms with Gasteiger partial charge in [-0.2, -0.15) is 36.5 Å². The first kappa shape index (κ1) is 30.0. The molecule has 0 bridgehead atoms. The van der Waals surface area contributed by atoms with E-state index in [1.54, 1.807) is 0 Å². The van der Waals surface area contributed by atoms with Crippen LogP contribution in [-0.4, -0.2) is 97.1 Å². The minimum atomic E-state index is -4.73. The lowest BCUT2D eigenvalue weighted by Crippen LogP contribution is -2.43. The number of carbonyl (C=O) groups excluding carboxylic acids is 2. The molecule has 19 heteroatoms. The highest BCUT2D eigenvalue weighted by Crippen LogP contribution is 2.35. The van der Waals surface area contributed by atoms with Gasteiger partial charge in [0.15, 0.2) is 11.2 Å². The Kier molecular flexibility index (Phi) is 7.87. The zero-order chi connectivity index (χ0) is 30.3. The van der Waals surface area contributed by atoms with Crippen LogP contribution in [0.3, 0.4) is 0 Å². The lowest BCUT2D eigenvalue weighted by atomic mass is 10.1. The molecule has 3 aromatic rings. The third-order valence-corrected chi connectivity index (χ3v) is 6.49. The summed E-state index contributed by atoms with van der Waals surface area (Å²) in [5, 5.41) is 10.0. The van der Waals surface area contributed by atoms with Gasteiger partial charge in [0.05, 0.1) is 43.9 Å². The molecule has 0 radical (unpaired) electrons. The molecule has 0 aliphatic carbocycles. The molecule has 3 aromatic heterocycles. The first-order chi connectivity index (χ1) is 19.0. The van der Waals surface area contributed by atoms with Gasteiger partial charge in [-0.3, -0.25) is 4.79 Å². The highest BCUT2D eigenvalue weighted by atomic mass is 19.4. The van der Waals surface area contributed by atoms with E-state index in [2.05, 4.69) is 20.2 Å². The van der Waals surface area contributed by atoms with Gasteiger partial charge in [0, 0.05) is 12.7 Å². The third-order valence-electron chi connectivity index (χ3n) is 6.49. The maximum Gasteiger partial charge on any atom is 0.416 e. The van der Waals surface area contributed by atoms with E-state index in [1.807, 2.05) is 5.32 Å². The van der Waals surface area contributed by atoms with Gasteiger partial charge in [0.1, 0.15) is 18.4 Å². The zero-order valence-corrected chi connectivity index (χ0v) is 21.8. The molecule has 3 atom stereocenters. The van der Waals surface area contributed by atoms with E-state index in [-0.39, 0.29) is 29.3 Å². The van der Waals surface area contributed by atoms with Crippen LogP contribution in [0.2, 0.25) is 0 Å². The Balaban J connectivity index is 1.71. The second kappa shape index (κ2) is 10.8. The van der Waals surface area contributed by atoms with Crippen molar-refractivity contribution in [2.75, 3.05) is 26.9 Å². The van der Waals surface area contributed by atoms with Gasteiger partial charge < -0.3 is 25.4 Å². The number of imidazole rings is 1. The Morgan fingerprint density at radius 3 is 2.46 bits per heavy atom. The molecule has 4 heterocycles. The lowest BCUT2D eigenvalue weighted by Gasteiger charge is -2.29. The monoisotopic (exact) mass is 593 g/mol. The van der Waals surface area contributed by atoms with Crippen molar-refractivity contribution in [1.82, 2.24) is 39.6 Å². The molecule has 0 aromatic carbocycles. The molecule has 13 nitrogen and oxygen atoms in total. The molecular formula is C22H25F6N9O4. The average Bonchev–Trinajstić information content (AvgIpc) is 3.59. The van der Waals surface area contributed by atoms with Crippen molar-refractivity contribution in [3.63, 3.8) is 0 Å². The minimum Gasteiger partial charge on any atom is -0.382 e. The van der Waals surface area contributed by atoms with E-state index in [0.29, 0.717) is 0 Å². The van der Waals surface area contributed by atoms with Crippen molar-refractivity contribution in [2.24, 2.45) is 5.73 Å². The Labute approximate surface area is 227 Å². The largest absolute Gasteiger partial charge is 0.416 e. The first-order valence-corrected chi connectivity index (χ1v) is 11.9. The molecule has 3 N–H and O–H groups in total. The number of primary amides is 1. The van der Waals surface area contributed by atoms with Crippen LogP contribution in [0.1, 0.15) is 47.8 Å². The van der Waals surface area contributed by atoms with Crippen molar-refractivity contribution in [3.8, 4) is 0 Å². The number of nitrogens with zero attached hydrogens (tertiary/aromatic N) is 7. The van der Waals surface area contributed by atoms with Crippen LogP contribution in [0.4, 0.5) is 31.1 Å². The summed E-state index contributed by atoms with van der Waals surface area (Å²) in [4.78, 5) is 33.4. The number of ether oxygens (including phenoxy) is 2. The smallest absolute Gasteiger partial charge is 0.382 e. The number of urea groups is 1. The summed E-state index contributed by atoms with van der Waals surface area (Å²) in [5.74, 6) is -1.37. The fourth-order valence-electron chi connectivity index (χ4n) is 4.09. The van der Waals surface area contributed by atoms with Crippen molar-refractivity contribution in [2.45, 2.75) is 49.9 Å². The second-order valence-electron chi connectivity index (χ2n) is 9.65. The number of hydrogen-bond acceptors (Lipinski definition) is 8. The normalized spacial score (nSPS) is 18.1. The molecule has 0 saturated carbocycles. The summed E-state index contributed by atoms with van der Waals surface area (Å²) in [6.45, 7) is 0.147. The average molecular weight is 593 g/mol. The van der Waals surface area contributed by atoms with E-state index in [1.165, 1.54) is 30.1 Å². The van der Waals surface area contributed by atoms with Gasteiger partial charge in [-0.05, 0) is 19.9 Å². The number of carbonyl (C=O) groups is 2. The molecule has 1 saturated heterocycles. The molecule has 0 unspecified atom stereocenters. The van der Waals surface area contributed by atoms with Gasteiger partial charge in [0.2, 0.25) is 5.82 Å². The lowest BCUT2D eigenvalue weighted by molar-refractivity contribution is -0.265. The fourth-order valence-corrected chi connectivity index (χ4v) is 4.09. The van der Waals surface area contributed by atoms with Gasteiger partial charge in [-0.25, -0.2) is 24.0 Å². The molecule has 3 amide bonds. The van der Waals surface area contributed by atoms with Crippen LogP contribution in [0.5, 0.6) is 0 Å².